The Morgan fingerprint density at radius 1 is 1.07 bits per heavy atom. The molecule has 0 spiro atoms. The van der Waals surface area contributed by atoms with Crippen molar-refractivity contribution in [1.29, 1.82) is 0 Å². The predicted octanol–water partition coefficient (Wildman–Crippen LogP) is 2.59. The smallest absolute Gasteiger partial charge is 0.218 e. The summed E-state index contributed by atoms with van der Waals surface area (Å²) in [5.74, 6) is -0.224. The second kappa shape index (κ2) is 8.93. The minimum Gasteiger partial charge on any atom is -0.379 e. The zero-order valence-corrected chi connectivity index (χ0v) is 16.3. The van der Waals surface area contributed by atoms with Crippen molar-refractivity contribution >= 4 is 10.0 Å². The molecule has 2 aromatic carbocycles. The van der Waals surface area contributed by atoms with Crippen molar-refractivity contribution in [3.8, 4) is 0 Å². The topological polar surface area (TPSA) is 58.6 Å². The maximum Gasteiger partial charge on any atom is 0.218 e. The number of hydrogen-bond donors (Lipinski definition) is 1. The molecule has 146 valence electrons. The van der Waals surface area contributed by atoms with Gasteiger partial charge in [-0.15, -0.1) is 0 Å². The van der Waals surface area contributed by atoms with E-state index < -0.39 is 10.0 Å². The molecule has 1 aliphatic rings. The van der Waals surface area contributed by atoms with Gasteiger partial charge in [0.2, 0.25) is 10.0 Å². The number of rotatable bonds is 7. The second-order valence-corrected chi connectivity index (χ2v) is 8.69. The van der Waals surface area contributed by atoms with Crippen LogP contribution in [-0.4, -0.2) is 39.0 Å². The Morgan fingerprint density at radius 2 is 1.78 bits per heavy atom. The first-order valence-electron chi connectivity index (χ1n) is 9.04. The van der Waals surface area contributed by atoms with Crippen LogP contribution in [0, 0.1) is 12.7 Å². The highest BCUT2D eigenvalue weighted by molar-refractivity contribution is 7.88. The molecule has 1 heterocycles. The standard InChI is InChI=1S/C20H25FN2O3S/c1-16-12-17(6-7-20(16)21)13-22-14-18-4-2-3-5-19(18)15-27(24,25)23-8-10-26-11-9-23/h2-7,12,22H,8-11,13-15H2,1H3. The predicted molar refractivity (Wildman–Crippen MR) is 103 cm³/mol. The van der Waals surface area contributed by atoms with Gasteiger partial charge >= 0.3 is 0 Å². The van der Waals surface area contributed by atoms with E-state index in [1.54, 1.807) is 13.0 Å². The SMILES string of the molecule is Cc1cc(CNCc2ccccc2CS(=O)(=O)N2CCOCC2)ccc1F. The molecular weight excluding hydrogens is 367 g/mol. The highest BCUT2D eigenvalue weighted by Gasteiger charge is 2.25. The molecule has 2 aromatic rings. The lowest BCUT2D eigenvalue weighted by Gasteiger charge is -2.26. The van der Waals surface area contributed by atoms with Crippen LogP contribution in [0.4, 0.5) is 4.39 Å². The molecule has 0 amide bonds. The number of nitrogens with one attached hydrogen (secondary N) is 1. The zero-order chi connectivity index (χ0) is 19.3. The fourth-order valence-corrected chi connectivity index (χ4v) is 4.70. The molecule has 0 bridgehead atoms. The number of hydrogen-bond acceptors (Lipinski definition) is 4. The van der Waals surface area contributed by atoms with Crippen LogP contribution in [0.15, 0.2) is 42.5 Å². The lowest BCUT2D eigenvalue weighted by atomic mass is 10.1. The number of halogens is 1. The van der Waals surface area contributed by atoms with E-state index in [4.69, 9.17) is 4.74 Å². The summed E-state index contributed by atoms with van der Waals surface area (Å²) >= 11 is 0. The summed E-state index contributed by atoms with van der Waals surface area (Å²) in [4.78, 5) is 0. The van der Waals surface area contributed by atoms with Gasteiger partial charge in [-0.3, -0.25) is 0 Å². The Morgan fingerprint density at radius 3 is 2.48 bits per heavy atom. The highest BCUT2D eigenvalue weighted by atomic mass is 32.2. The van der Waals surface area contributed by atoms with Gasteiger partial charge in [-0.2, -0.15) is 4.31 Å². The Kier molecular flexibility index (Phi) is 6.59. The van der Waals surface area contributed by atoms with Crippen LogP contribution in [0.5, 0.6) is 0 Å². The Labute approximate surface area is 160 Å². The summed E-state index contributed by atoms with van der Waals surface area (Å²) in [6, 6.07) is 12.6. The summed E-state index contributed by atoms with van der Waals surface area (Å²) in [5.41, 5.74) is 3.36. The van der Waals surface area contributed by atoms with Crippen molar-refractivity contribution in [2.75, 3.05) is 26.3 Å². The first-order valence-corrected chi connectivity index (χ1v) is 10.6. The van der Waals surface area contributed by atoms with Crippen LogP contribution >= 0.6 is 0 Å². The van der Waals surface area contributed by atoms with Gasteiger partial charge < -0.3 is 10.1 Å². The minimum absolute atomic E-state index is 0.0134. The van der Waals surface area contributed by atoms with Gasteiger partial charge in [-0.1, -0.05) is 36.4 Å². The van der Waals surface area contributed by atoms with Crippen molar-refractivity contribution in [3.05, 3.63) is 70.5 Å². The number of nitrogens with zero attached hydrogens (tertiary/aromatic N) is 1. The van der Waals surface area contributed by atoms with Crippen molar-refractivity contribution < 1.29 is 17.5 Å². The van der Waals surface area contributed by atoms with E-state index in [-0.39, 0.29) is 11.6 Å². The maximum absolute atomic E-state index is 13.4. The van der Waals surface area contributed by atoms with Crippen LogP contribution < -0.4 is 5.32 Å². The third-order valence-corrected chi connectivity index (χ3v) is 6.51. The number of ether oxygens (including phenoxy) is 1. The largest absolute Gasteiger partial charge is 0.379 e. The molecule has 0 aromatic heterocycles. The van der Waals surface area contributed by atoms with E-state index >= 15 is 0 Å². The van der Waals surface area contributed by atoms with E-state index in [0.717, 1.165) is 16.7 Å². The number of sulfonamides is 1. The Bertz CT molecular complexity index is 881. The molecule has 7 heteroatoms. The summed E-state index contributed by atoms with van der Waals surface area (Å²) in [6.07, 6.45) is 0. The third-order valence-electron chi connectivity index (χ3n) is 4.69. The molecule has 0 aliphatic carbocycles. The van der Waals surface area contributed by atoms with Gasteiger partial charge in [-0.25, -0.2) is 12.8 Å². The number of benzene rings is 2. The molecular formula is C20H25FN2O3S. The molecule has 0 saturated carbocycles. The summed E-state index contributed by atoms with van der Waals surface area (Å²) in [5, 5.41) is 3.32. The van der Waals surface area contributed by atoms with Crippen molar-refractivity contribution in [3.63, 3.8) is 0 Å². The lowest BCUT2D eigenvalue weighted by Crippen LogP contribution is -2.41. The molecule has 3 rings (SSSR count). The van der Waals surface area contributed by atoms with Gasteiger partial charge in [0.15, 0.2) is 0 Å². The first kappa shape index (κ1) is 19.9. The Balaban J connectivity index is 1.64. The van der Waals surface area contributed by atoms with Crippen LogP contribution in [0.1, 0.15) is 22.3 Å². The Hall–Kier alpha value is -1.80. The lowest BCUT2D eigenvalue weighted by molar-refractivity contribution is 0.0729. The van der Waals surface area contributed by atoms with Gasteiger partial charge in [0.25, 0.3) is 0 Å². The average Bonchev–Trinajstić information content (AvgIpc) is 2.66. The summed E-state index contributed by atoms with van der Waals surface area (Å²) < 4.78 is 45.5. The first-order chi connectivity index (χ1) is 13.0. The molecule has 1 fully saturated rings. The van der Waals surface area contributed by atoms with Crippen LogP contribution in [0.2, 0.25) is 0 Å². The van der Waals surface area contributed by atoms with E-state index in [9.17, 15) is 12.8 Å². The van der Waals surface area contributed by atoms with Crippen LogP contribution in [0.25, 0.3) is 0 Å². The van der Waals surface area contributed by atoms with Crippen molar-refractivity contribution in [2.24, 2.45) is 0 Å². The summed E-state index contributed by atoms with van der Waals surface area (Å²) in [6.45, 7) is 4.58. The molecule has 0 radical (unpaired) electrons. The van der Waals surface area contributed by atoms with Gasteiger partial charge in [0, 0.05) is 26.2 Å². The van der Waals surface area contributed by atoms with Gasteiger partial charge in [0.05, 0.1) is 19.0 Å². The minimum atomic E-state index is -3.36. The molecule has 1 aliphatic heterocycles. The van der Waals surface area contributed by atoms with E-state index in [2.05, 4.69) is 5.32 Å². The van der Waals surface area contributed by atoms with Gasteiger partial charge in [-0.05, 0) is 35.2 Å². The van der Waals surface area contributed by atoms with E-state index in [1.807, 2.05) is 30.3 Å². The number of aryl methyl sites for hydroxylation is 1. The van der Waals surface area contributed by atoms with Gasteiger partial charge in [0.1, 0.15) is 5.82 Å². The molecule has 5 nitrogen and oxygen atoms in total. The fourth-order valence-electron chi connectivity index (χ4n) is 3.14. The average molecular weight is 392 g/mol. The number of morpholine rings is 1. The normalized spacial score (nSPS) is 15.8. The van der Waals surface area contributed by atoms with Crippen LogP contribution in [-0.2, 0) is 33.6 Å². The van der Waals surface area contributed by atoms with E-state index in [1.165, 1.54) is 10.4 Å². The van der Waals surface area contributed by atoms with Crippen molar-refractivity contribution in [2.45, 2.75) is 25.8 Å². The maximum atomic E-state index is 13.4. The molecule has 1 N–H and O–H groups in total. The monoisotopic (exact) mass is 392 g/mol. The van der Waals surface area contributed by atoms with Crippen LogP contribution in [0.3, 0.4) is 0 Å². The molecule has 1 saturated heterocycles. The molecule has 27 heavy (non-hydrogen) atoms. The zero-order valence-electron chi connectivity index (χ0n) is 15.4. The highest BCUT2D eigenvalue weighted by Crippen LogP contribution is 2.17. The molecule has 0 unspecified atom stereocenters. The van der Waals surface area contributed by atoms with Crippen molar-refractivity contribution in [1.82, 2.24) is 9.62 Å². The molecule has 0 atom stereocenters. The fraction of sp³-hybridized carbons (Fsp3) is 0.400. The summed E-state index contributed by atoms with van der Waals surface area (Å²) in [7, 11) is -3.36. The third kappa shape index (κ3) is 5.35. The van der Waals surface area contributed by atoms with E-state index in [0.29, 0.717) is 45.0 Å². The second-order valence-electron chi connectivity index (χ2n) is 6.72. The quantitative estimate of drug-likeness (QED) is 0.787.